The van der Waals surface area contributed by atoms with Gasteiger partial charge in [0.2, 0.25) is 0 Å². The summed E-state index contributed by atoms with van der Waals surface area (Å²) in [6.45, 7) is 4.01. The van der Waals surface area contributed by atoms with Crippen molar-refractivity contribution in [3.05, 3.63) is 12.7 Å². The van der Waals surface area contributed by atoms with Gasteiger partial charge in [-0.25, -0.2) is 0 Å². The Morgan fingerprint density at radius 1 is 1.50 bits per heavy atom. The van der Waals surface area contributed by atoms with Crippen molar-refractivity contribution >= 4 is 5.97 Å². The summed E-state index contributed by atoms with van der Waals surface area (Å²) >= 11 is 0. The molecule has 0 aromatic rings. The highest BCUT2D eigenvalue weighted by Crippen LogP contribution is 2.08. The van der Waals surface area contributed by atoms with Crippen molar-refractivity contribution in [2.75, 3.05) is 27.2 Å². The lowest BCUT2D eigenvalue weighted by molar-refractivity contribution is -0.887. The van der Waals surface area contributed by atoms with Crippen molar-refractivity contribution < 1.29 is 19.5 Å². The van der Waals surface area contributed by atoms with E-state index in [-0.39, 0.29) is 11.0 Å². The van der Waals surface area contributed by atoms with Crippen molar-refractivity contribution in [1.82, 2.24) is 0 Å². The van der Waals surface area contributed by atoms with E-state index in [4.69, 9.17) is 0 Å². The lowest BCUT2D eigenvalue weighted by Gasteiger charge is -2.32. The molecule has 0 saturated heterocycles. The molecule has 0 aromatic carbocycles. The Bertz CT molecular complexity index is 226. The number of quaternary nitrogens is 1. The summed E-state index contributed by atoms with van der Waals surface area (Å²) in [7, 11) is 3.56. The predicted octanol–water partition coefficient (Wildman–Crippen LogP) is -0.0800. The first kappa shape index (κ1) is 15.1. The fraction of sp³-hybridized carbons (Fsp3) is 0.750. The molecule has 0 aliphatic carbocycles. The Balaban J connectivity index is 3.79. The zero-order valence-electron chi connectivity index (χ0n) is 10.3. The average molecular weight is 229 g/mol. The molecule has 1 atom stereocenters. The summed E-state index contributed by atoms with van der Waals surface area (Å²) in [4.78, 5) is 10.5. The molecule has 0 aromatic heterocycles. The summed E-state index contributed by atoms with van der Waals surface area (Å²) in [5, 5.41) is 20.2. The van der Waals surface area contributed by atoms with Gasteiger partial charge in [0.05, 0.1) is 20.1 Å². The van der Waals surface area contributed by atoms with E-state index in [9.17, 15) is 15.0 Å². The van der Waals surface area contributed by atoms with Gasteiger partial charge in [0.25, 0.3) is 0 Å². The number of rotatable bonds is 9. The van der Waals surface area contributed by atoms with Crippen molar-refractivity contribution in [2.45, 2.75) is 31.8 Å². The first-order valence-electron chi connectivity index (χ1n) is 5.68. The summed E-state index contributed by atoms with van der Waals surface area (Å²) in [6, 6.07) is 0. The van der Waals surface area contributed by atoms with Crippen LogP contribution in [0, 0.1) is 0 Å². The predicted molar refractivity (Wildman–Crippen MR) is 61.5 cm³/mol. The highest BCUT2D eigenvalue weighted by atomic mass is 16.4. The lowest BCUT2D eigenvalue weighted by Crippen LogP contribution is -2.51. The van der Waals surface area contributed by atoms with Gasteiger partial charge in [-0.2, -0.15) is 0 Å². The number of carboxylic acid groups (broad SMARTS) is 1. The van der Waals surface area contributed by atoms with Gasteiger partial charge in [-0.1, -0.05) is 12.5 Å². The van der Waals surface area contributed by atoms with Crippen LogP contribution in [0.3, 0.4) is 0 Å². The number of hydrogen-bond acceptors (Lipinski definition) is 3. The number of allylic oxidation sites excluding steroid dienone is 1. The molecule has 0 spiro atoms. The zero-order chi connectivity index (χ0) is 12.6. The molecule has 0 fully saturated rings. The lowest BCUT2D eigenvalue weighted by atomic mass is 10.1. The van der Waals surface area contributed by atoms with Crippen molar-refractivity contribution in [1.29, 1.82) is 0 Å². The van der Waals surface area contributed by atoms with E-state index < -0.39 is 12.1 Å². The van der Waals surface area contributed by atoms with E-state index in [1.807, 2.05) is 6.08 Å². The molecule has 0 aliphatic rings. The second kappa shape index (κ2) is 7.41. The van der Waals surface area contributed by atoms with E-state index >= 15 is 0 Å². The Morgan fingerprint density at radius 3 is 2.62 bits per heavy atom. The van der Waals surface area contributed by atoms with Crippen LogP contribution < -0.4 is 5.11 Å². The number of hydrogen-bond donors (Lipinski definition) is 1. The summed E-state index contributed by atoms with van der Waals surface area (Å²) in [5.41, 5.74) is 0. The quantitative estimate of drug-likeness (QED) is 0.342. The smallest absolute Gasteiger partial charge is 0.119 e. The third-order valence-electron chi connectivity index (χ3n) is 2.46. The highest BCUT2D eigenvalue weighted by molar-refractivity contribution is 5.65. The Labute approximate surface area is 97.8 Å². The number of carboxylic acids is 1. The minimum Gasteiger partial charge on any atom is -0.544 e. The molecule has 4 heteroatoms. The summed E-state index contributed by atoms with van der Waals surface area (Å²) in [6.07, 6.45) is 5.06. The number of aliphatic hydroxyl groups excluding tert-OH is 1. The summed E-state index contributed by atoms with van der Waals surface area (Å²) < 4.78 is 0.255. The van der Waals surface area contributed by atoms with E-state index in [1.54, 1.807) is 14.1 Å². The standard InChI is InChI=1S/C12H23NO3/c1-4-5-6-7-8-11(14)9-13(2,3)10-12(15)16/h4,11,14H,1,5-10H2,2-3H3. The van der Waals surface area contributed by atoms with E-state index in [0.29, 0.717) is 13.0 Å². The minimum atomic E-state index is -1.08. The molecular weight excluding hydrogens is 206 g/mol. The Morgan fingerprint density at radius 2 is 2.12 bits per heavy atom. The molecule has 0 aliphatic heterocycles. The molecule has 4 nitrogen and oxygen atoms in total. The maximum atomic E-state index is 10.5. The van der Waals surface area contributed by atoms with Gasteiger partial charge in [0, 0.05) is 0 Å². The zero-order valence-corrected chi connectivity index (χ0v) is 10.3. The molecule has 1 N–H and O–H groups in total. The largest absolute Gasteiger partial charge is 0.544 e. The van der Waals surface area contributed by atoms with Crippen LogP contribution in [0.5, 0.6) is 0 Å². The number of carbonyl (C=O) groups is 1. The van der Waals surface area contributed by atoms with Crippen molar-refractivity contribution in [3.8, 4) is 0 Å². The van der Waals surface area contributed by atoms with Gasteiger partial charge in [-0.15, -0.1) is 6.58 Å². The summed E-state index contributed by atoms with van der Waals surface area (Å²) in [5.74, 6) is -1.08. The van der Waals surface area contributed by atoms with Gasteiger partial charge in [-0.05, 0) is 19.3 Å². The molecule has 94 valence electrons. The maximum absolute atomic E-state index is 10.5. The molecule has 16 heavy (non-hydrogen) atoms. The molecular formula is C12H23NO3. The van der Waals surface area contributed by atoms with Crippen LogP contribution in [0.2, 0.25) is 0 Å². The number of unbranched alkanes of at least 4 members (excludes halogenated alkanes) is 2. The molecule has 0 radical (unpaired) electrons. The Hall–Kier alpha value is -0.870. The van der Waals surface area contributed by atoms with Crippen molar-refractivity contribution in [2.24, 2.45) is 0 Å². The molecule has 0 heterocycles. The van der Waals surface area contributed by atoms with Gasteiger partial charge < -0.3 is 19.5 Å². The number of likely N-dealkylation sites (N-methyl/N-ethyl adjacent to an activating group) is 1. The molecule has 0 saturated carbocycles. The van der Waals surface area contributed by atoms with Crippen LogP contribution in [0.15, 0.2) is 12.7 Å². The number of nitrogens with zero attached hydrogens (tertiary/aromatic N) is 1. The molecule has 0 bridgehead atoms. The fourth-order valence-corrected chi connectivity index (χ4v) is 1.74. The molecule has 0 rings (SSSR count). The first-order valence-corrected chi connectivity index (χ1v) is 5.68. The van der Waals surface area contributed by atoms with E-state index in [1.165, 1.54) is 0 Å². The van der Waals surface area contributed by atoms with Crippen LogP contribution in [-0.4, -0.2) is 48.8 Å². The SMILES string of the molecule is C=CCCCCC(O)C[N+](C)(C)CC(=O)[O-]. The molecule has 0 amide bonds. The number of aliphatic hydroxyl groups is 1. The third kappa shape index (κ3) is 8.44. The Kier molecular flexibility index (Phi) is 7.01. The van der Waals surface area contributed by atoms with Crippen molar-refractivity contribution in [3.63, 3.8) is 0 Å². The second-order valence-corrected chi connectivity index (χ2v) is 4.88. The fourth-order valence-electron chi connectivity index (χ4n) is 1.74. The van der Waals surface area contributed by atoms with Crippen LogP contribution in [-0.2, 0) is 4.79 Å². The van der Waals surface area contributed by atoms with Crippen LogP contribution in [0.1, 0.15) is 25.7 Å². The first-order chi connectivity index (χ1) is 7.37. The topological polar surface area (TPSA) is 60.4 Å². The monoisotopic (exact) mass is 229 g/mol. The average Bonchev–Trinajstić information content (AvgIpc) is 2.09. The molecule has 1 unspecified atom stereocenters. The third-order valence-corrected chi connectivity index (χ3v) is 2.46. The van der Waals surface area contributed by atoms with Gasteiger partial charge in [-0.3, -0.25) is 0 Å². The van der Waals surface area contributed by atoms with E-state index in [0.717, 1.165) is 19.3 Å². The second-order valence-electron chi connectivity index (χ2n) is 4.88. The maximum Gasteiger partial charge on any atom is 0.119 e. The van der Waals surface area contributed by atoms with E-state index in [2.05, 4.69) is 6.58 Å². The van der Waals surface area contributed by atoms with Gasteiger partial charge in [0.1, 0.15) is 19.2 Å². The minimum absolute atomic E-state index is 0.0658. The van der Waals surface area contributed by atoms with Crippen LogP contribution in [0.25, 0.3) is 0 Å². The number of carbonyl (C=O) groups excluding carboxylic acids is 1. The van der Waals surface area contributed by atoms with Gasteiger partial charge >= 0.3 is 0 Å². The van der Waals surface area contributed by atoms with Gasteiger partial charge in [0.15, 0.2) is 0 Å². The van der Waals surface area contributed by atoms with Crippen LogP contribution in [0.4, 0.5) is 0 Å². The highest BCUT2D eigenvalue weighted by Gasteiger charge is 2.20. The normalized spacial score (nSPS) is 13.4. The van der Waals surface area contributed by atoms with Crippen LogP contribution >= 0.6 is 0 Å². The number of aliphatic carboxylic acids is 1.